The first-order valence-electron chi connectivity index (χ1n) is 8.84. The number of aliphatic imine (C=N–C) groups is 1. The summed E-state index contributed by atoms with van der Waals surface area (Å²) in [5.41, 5.74) is 5.27. The van der Waals surface area contributed by atoms with E-state index in [2.05, 4.69) is 40.8 Å². The van der Waals surface area contributed by atoms with E-state index < -0.39 is 0 Å². The standard InChI is InChI=1S/C23H27N3/c1-6-12-18(3)14-10-11-17-24-19(4)20(13-7-2)23-25-21-15-8-9-16-22(21)26(23)5/h6-17H,1-5H3/b11-10+,12-6-,13-7-,18-14-,20-19-,24-17+. The van der Waals surface area contributed by atoms with Crippen LogP contribution in [0.2, 0.25) is 0 Å². The number of allylic oxidation sites excluding steroid dienone is 10. The number of rotatable bonds is 6. The Morgan fingerprint density at radius 3 is 2.46 bits per heavy atom. The van der Waals surface area contributed by atoms with Crippen molar-refractivity contribution >= 4 is 22.8 Å². The van der Waals surface area contributed by atoms with Crippen molar-refractivity contribution in [3.05, 3.63) is 83.9 Å². The fourth-order valence-electron chi connectivity index (χ4n) is 2.71. The van der Waals surface area contributed by atoms with Gasteiger partial charge in [-0.2, -0.15) is 0 Å². The molecule has 0 atom stereocenters. The number of nitrogens with zero attached hydrogens (tertiary/aromatic N) is 3. The highest BCUT2D eigenvalue weighted by atomic mass is 15.1. The van der Waals surface area contributed by atoms with Crippen LogP contribution in [0.5, 0.6) is 0 Å². The molecule has 0 amide bonds. The summed E-state index contributed by atoms with van der Waals surface area (Å²) in [5, 5.41) is 0. The lowest BCUT2D eigenvalue weighted by atomic mass is 10.2. The summed E-state index contributed by atoms with van der Waals surface area (Å²) in [7, 11) is 2.04. The van der Waals surface area contributed by atoms with Crippen LogP contribution in [0.25, 0.3) is 16.6 Å². The molecule has 0 saturated carbocycles. The van der Waals surface area contributed by atoms with E-state index in [4.69, 9.17) is 4.98 Å². The fraction of sp³-hybridized carbons (Fsp3) is 0.217. The van der Waals surface area contributed by atoms with Crippen molar-refractivity contribution < 1.29 is 0 Å². The van der Waals surface area contributed by atoms with Crippen LogP contribution in [0.1, 0.15) is 33.5 Å². The highest BCUT2D eigenvalue weighted by molar-refractivity contribution is 5.84. The Kier molecular flexibility index (Phi) is 7.10. The molecule has 0 radical (unpaired) electrons. The number of fused-ring (bicyclic) bond motifs is 1. The number of aryl methyl sites for hydroxylation is 1. The third-order valence-electron chi connectivity index (χ3n) is 4.01. The molecule has 0 fully saturated rings. The van der Waals surface area contributed by atoms with Crippen molar-refractivity contribution in [1.29, 1.82) is 0 Å². The maximum absolute atomic E-state index is 4.79. The average molecular weight is 345 g/mol. The van der Waals surface area contributed by atoms with Crippen LogP contribution < -0.4 is 0 Å². The van der Waals surface area contributed by atoms with Crippen molar-refractivity contribution in [1.82, 2.24) is 9.55 Å². The average Bonchev–Trinajstić information content (AvgIpc) is 2.96. The monoisotopic (exact) mass is 345 g/mol. The molecule has 2 aromatic rings. The predicted molar refractivity (Wildman–Crippen MR) is 114 cm³/mol. The molecule has 0 aliphatic carbocycles. The van der Waals surface area contributed by atoms with E-state index in [1.54, 1.807) is 0 Å². The second-order valence-corrected chi connectivity index (χ2v) is 6.06. The topological polar surface area (TPSA) is 30.2 Å². The fourth-order valence-corrected chi connectivity index (χ4v) is 2.71. The van der Waals surface area contributed by atoms with Gasteiger partial charge < -0.3 is 4.57 Å². The van der Waals surface area contributed by atoms with Crippen LogP contribution in [0.15, 0.2) is 83.1 Å². The molecule has 1 aromatic carbocycles. The van der Waals surface area contributed by atoms with Gasteiger partial charge in [-0.15, -0.1) is 0 Å². The normalized spacial score (nSPS) is 14.6. The summed E-state index contributed by atoms with van der Waals surface area (Å²) >= 11 is 0. The summed E-state index contributed by atoms with van der Waals surface area (Å²) in [6.07, 6.45) is 16.0. The lowest BCUT2D eigenvalue weighted by Gasteiger charge is -2.05. The molecule has 0 N–H and O–H groups in total. The molecular weight excluding hydrogens is 318 g/mol. The van der Waals surface area contributed by atoms with Gasteiger partial charge in [0.15, 0.2) is 0 Å². The number of hydrogen-bond acceptors (Lipinski definition) is 2. The van der Waals surface area contributed by atoms with E-state index in [1.165, 1.54) is 5.57 Å². The zero-order chi connectivity index (χ0) is 18.9. The Hall–Kier alpha value is -2.94. The van der Waals surface area contributed by atoms with E-state index in [-0.39, 0.29) is 0 Å². The zero-order valence-corrected chi connectivity index (χ0v) is 16.3. The molecule has 26 heavy (non-hydrogen) atoms. The first-order chi connectivity index (χ1) is 12.6. The molecule has 3 heteroatoms. The molecule has 2 rings (SSSR count). The largest absolute Gasteiger partial charge is 0.327 e. The number of benzene rings is 1. The van der Waals surface area contributed by atoms with Crippen LogP contribution in [-0.2, 0) is 7.05 Å². The van der Waals surface area contributed by atoms with Gasteiger partial charge >= 0.3 is 0 Å². The van der Waals surface area contributed by atoms with Crippen molar-refractivity contribution in [2.24, 2.45) is 12.0 Å². The van der Waals surface area contributed by atoms with Crippen molar-refractivity contribution in [2.45, 2.75) is 27.7 Å². The molecule has 1 heterocycles. The summed E-state index contributed by atoms with van der Waals surface area (Å²) < 4.78 is 2.11. The van der Waals surface area contributed by atoms with Gasteiger partial charge in [0.2, 0.25) is 0 Å². The summed E-state index contributed by atoms with van der Waals surface area (Å²) in [6.45, 7) is 8.11. The minimum absolute atomic E-state index is 0.923. The molecule has 0 bridgehead atoms. The number of hydrogen-bond donors (Lipinski definition) is 0. The molecule has 0 unspecified atom stereocenters. The van der Waals surface area contributed by atoms with Gasteiger partial charge in [0, 0.05) is 24.5 Å². The Bertz CT molecular complexity index is 932. The van der Waals surface area contributed by atoms with Crippen molar-refractivity contribution in [3.63, 3.8) is 0 Å². The van der Waals surface area contributed by atoms with Crippen LogP contribution in [-0.4, -0.2) is 15.8 Å². The smallest absolute Gasteiger partial charge is 0.142 e. The molecule has 0 aliphatic rings. The van der Waals surface area contributed by atoms with Crippen molar-refractivity contribution in [2.75, 3.05) is 0 Å². The van der Waals surface area contributed by atoms with Crippen LogP contribution in [0.3, 0.4) is 0 Å². The molecule has 0 aliphatic heterocycles. The highest BCUT2D eigenvalue weighted by Gasteiger charge is 2.11. The molecule has 1 aromatic heterocycles. The molecule has 3 nitrogen and oxygen atoms in total. The molecule has 0 saturated heterocycles. The molecule has 0 spiro atoms. The molecule has 134 valence electrons. The van der Waals surface area contributed by atoms with Gasteiger partial charge in [-0.25, -0.2) is 4.98 Å². The third-order valence-corrected chi connectivity index (χ3v) is 4.01. The van der Waals surface area contributed by atoms with Crippen LogP contribution in [0, 0.1) is 0 Å². The Morgan fingerprint density at radius 1 is 1.04 bits per heavy atom. The van der Waals surface area contributed by atoms with Gasteiger partial charge in [0.25, 0.3) is 0 Å². The van der Waals surface area contributed by atoms with E-state index >= 15 is 0 Å². The minimum Gasteiger partial charge on any atom is -0.327 e. The SMILES string of the molecule is C\C=C/C(C)=C\C=C\C=N\C(C)=C(\C=C/C)c1nc2ccccc2n1C. The summed E-state index contributed by atoms with van der Waals surface area (Å²) in [4.78, 5) is 9.37. The van der Waals surface area contributed by atoms with Gasteiger partial charge in [-0.05, 0) is 45.9 Å². The minimum atomic E-state index is 0.923. The predicted octanol–water partition coefficient (Wildman–Crippen LogP) is 6.03. The second kappa shape index (κ2) is 9.52. The molecular formula is C23H27N3. The van der Waals surface area contributed by atoms with Crippen LogP contribution in [0.4, 0.5) is 0 Å². The Labute approximate surface area is 156 Å². The lowest BCUT2D eigenvalue weighted by Crippen LogP contribution is -1.97. The maximum atomic E-state index is 4.79. The number of imidazole rings is 1. The van der Waals surface area contributed by atoms with Gasteiger partial charge in [-0.3, -0.25) is 4.99 Å². The van der Waals surface area contributed by atoms with Gasteiger partial charge in [0.1, 0.15) is 5.82 Å². The van der Waals surface area contributed by atoms with E-state index in [0.29, 0.717) is 0 Å². The van der Waals surface area contributed by atoms with Gasteiger partial charge in [0.05, 0.1) is 11.0 Å². The first kappa shape index (κ1) is 19.4. The van der Waals surface area contributed by atoms with Crippen molar-refractivity contribution in [3.8, 4) is 0 Å². The van der Waals surface area contributed by atoms with E-state index in [1.807, 2.05) is 76.5 Å². The Morgan fingerprint density at radius 2 is 1.77 bits per heavy atom. The second-order valence-electron chi connectivity index (χ2n) is 6.06. The number of aromatic nitrogens is 2. The number of para-hydroxylation sites is 2. The maximum Gasteiger partial charge on any atom is 0.142 e. The van der Waals surface area contributed by atoms with Gasteiger partial charge in [-0.1, -0.05) is 54.2 Å². The first-order valence-corrected chi connectivity index (χ1v) is 8.84. The lowest BCUT2D eigenvalue weighted by molar-refractivity contribution is 0.921. The zero-order valence-electron chi connectivity index (χ0n) is 16.3. The Balaban J connectivity index is 2.34. The van der Waals surface area contributed by atoms with E-state index in [9.17, 15) is 0 Å². The third kappa shape index (κ3) is 4.79. The quantitative estimate of drug-likeness (QED) is 0.464. The van der Waals surface area contributed by atoms with E-state index in [0.717, 1.165) is 28.1 Å². The summed E-state index contributed by atoms with van der Waals surface area (Å²) in [6, 6.07) is 8.16. The highest BCUT2D eigenvalue weighted by Crippen LogP contribution is 2.24. The van der Waals surface area contributed by atoms with Crippen LogP contribution >= 0.6 is 0 Å². The summed E-state index contributed by atoms with van der Waals surface area (Å²) in [5.74, 6) is 0.923.